The lowest BCUT2D eigenvalue weighted by molar-refractivity contribution is 0.0436. The van der Waals surface area contributed by atoms with Gasteiger partial charge in [-0.25, -0.2) is 9.78 Å². The molecule has 1 atom stereocenters. The molecular weight excluding hydrogens is 332 g/mol. The van der Waals surface area contributed by atoms with Crippen LogP contribution in [0.3, 0.4) is 0 Å². The molecule has 0 aliphatic carbocycles. The second-order valence-electron chi connectivity index (χ2n) is 6.69. The minimum atomic E-state index is -0.482. The zero-order valence-corrected chi connectivity index (χ0v) is 15.5. The van der Waals surface area contributed by atoms with Gasteiger partial charge < -0.3 is 4.74 Å². The monoisotopic (exact) mass is 356 g/mol. The van der Waals surface area contributed by atoms with Crippen molar-refractivity contribution in [3.63, 3.8) is 0 Å². The normalized spacial score (nSPS) is 12.8. The molecule has 7 nitrogen and oxygen atoms in total. The number of hydrogen-bond donors (Lipinski definition) is 0. The number of nitrogens with zero attached hydrogens (tertiary/aromatic N) is 4. The highest BCUT2D eigenvalue weighted by Crippen LogP contribution is 2.23. The van der Waals surface area contributed by atoms with Crippen molar-refractivity contribution >= 4 is 11.2 Å². The topological polar surface area (TPSA) is 71.1 Å². The molecule has 138 valence electrons. The minimum Gasteiger partial charge on any atom is -0.354 e. The van der Waals surface area contributed by atoms with Crippen LogP contribution in [0.5, 0.6) is 0 Å². The number of ether oxygens (including phenoxy) is 1. The van der Waals surface area contributed by atoms with E-state index in [4.69, 9.17) is 4.74 Å². The second-order valence-corrected chi connectivity index (χ2v) is 6.69. The van der Waals surface area contributed by atoms with Crippen molar-refractivity contribution in [2.75, 3.05) is 6.61 Å². The van der Waals surface area contributed by atoms with Gasteiger partial charge in [-0.2, -0.15) is 0 Å². The van der Waals surface area contributed by atoms with Crippen molar-refractivity contribution in [3.8, 4) is 0 Å². The molecule has 0 bridgehead atoms. The summed E-state index contributed by atoms with van der Waals surface area (Å²) in [4.78, 5) is 29.8. The molecule has 7 heteroatoms. The summed E-state index contributed by atoms with van der Waals surface area (Å²) < 4.78 is 10.3. The molecule has 0 radical (unpaired) electrons. The van der Waals surface area contributed by atoms with E-state index >= 15 is 0 Å². The predicted octanol–water partition coefficient (Wildman–Crippen LogP) is 2.14. The first-order valence-electron chi connectivity index (χ1n) is 8.78. The van der Waals surface area contributed by atoms with Gasteiger partial charge in [-0.05, 0) is 12.8 Å². The SMILES string of the molecule is CCOC(c1ccccc1)n1cnc2c1c(=O)n(C)c(=O)n2CC(C)C. The fourth-order valence-corrected chi connectivity index (χ4v) is 3.09. The second kappa shape index (κ2) is 7.29. The standard InChI is InChI=1S/C19H24N4O3/c1-5-26-18(14-9-7-6-8-10-14)23-12-20-16-15(23)17(24)21(4)19(25)22(16)11-13(2)3/h6-10,12-13,18H,5,11H2,1-4H3. The fourth-order valence-electron chi connectivity index (χ4n) is 3.09. The highest BCUT2D eigenvalue weighted by atomic mass is 16.5. The lowest BCUT2D eigenvalue weighted by atomic mass is 10.2. The average molecular weight is 356 g/mol. The Balaban J connectivity index is 2.29. The van der Waals surface area contributed by atoms with Crippen LogP contribution in [-0.4, -0.2) is 25.3 Å². The number of hydrogen-bond acceptors (Lipinski definition) is 4. The summed E-state index contributed by atoms with van der Waals surface area (Å²) in [5, 5.41) is 0. The van der Waals surface area contributed by atoms with Gasteiger partial charge in [0.05, 0.1) is 0 Å². The summed E-state index contributed by atoms with van der Waals surface area (Å²) in [6, 6.07) is 9.67. The average Bonchev–Trinajstić information content (AvgIpc) is 3.06. The maximum atomic E-state index is 12.8. The van der Waals surface area contributed by atoms with E-state index in [1.807, 2.05) is 51.1 Å². The molecule has 2 aromatic heterocycles. The van der Waals surface area contributed by atoms with E-state index in [1.54, 1.807) is 15.5 Å². The zero-order chi connectivity index (χ0) is 18.8. The summed E-state index contributed by atoms with van der Waals surface area (Å²) in [6.07, 6.45) is 1.10. The van der Waals surface area contributed by atoms with Gasteiger partial charge in [-0.15, -0.1) is 0 Å². The maximum Gasteiger partial charge on any atom is 0.332 e. The Labute approximate surface area is 151 Å². The quantitative estimate of drug-likeness (QED) is 0.678. The van der Waals surface area contributed by atoms with Gasteiger partial charge in [0, 0.05) is 25.8 Å². The third kappa shape index (κ3) is 3.10. The first kappa shape index (κ1) is 18.1. The molecule has 0 saturated heterocycles. The first-order valence-corrected chi connectivity index (χ1v) is 8.78. The summed E-state index contributed by atoms with van der Waals surface area (Å²) in [6.45, 7) is 6.92. The van der Waals surface area contributed by atoms with Crippen molar-refractivity contribution in [1.29, 1.82) is 0 Å². The van der Waals surface area contributed by atoms with E-state index in [2.05, 4.69) is 4.98 Å². The summed E-state index contributed by atoms with van der Waals surface area (Å²) in [5.41, 5.74) is 0.956. The largest absolute Gasteiger partial charge is 0.354 e. The van der Waals surface area contributed by atoms with Crippen molar-refractivity contribution in [2.24, 2.45) is 13.0 Å². The Kier molecular flexibility index (Phi) is 5.08. The van der Waals surface area contributed by atoms with E-state index in [0.717, 1.165) is 10.1 Å². The lowest BCUT2D eigenvalue weighted by Crippen LogP contribution is -2.39. The van der Waals surface area contributed by atoms with Crippen LogP contribution in [0.2, 0.25) is 0 Å². The Morgan fingerprint density at radius 2 is 1.85 bits per heavy atom. The van der Waals surface area contributed by atoms with Crippen molar-refractivity contribution < 1.29 is 4.74 Å². The number of fused-ring (bicyclic) bond motifs is 1. The molecule has 0 amide bonds. The number of imidazole rings is 1. The zero-order valence-electron chi connectivity index (χ0n) is 15.5. The number of rotatable bonds is 6. The van der Waals surface area contributed by atoms with E-state index < -0.39 is 6.23 Å². The lowest BCUT2D eigenvalue weighted by Gasteiger charge is -2.20. The van der Waals surface area contributed by atoms with E-state index in [1.165, 1.54) is 7.05 Å². The van der Waals surface area contributed by atoms with Crippen LogP contribution < -0.4 is 11.2 Å². The summed E-state index contributed by atoms with van der Waals surface area (Å²) >= 11 is 0. The molecule has 0 saturated carbocycles. The Morgan fingerprint density at radius 1 is 1.15 bits per heavy atom. The Morgan fingerprint density at radius 3 is 2.46 bits per heavy atom. The maximum absolute atomic E-state index is 12.8. The van der Waals surface area contributed by atoms with Gasteiger partial charge in [0.15, 0.2) is 17.4 Å². The summed E-state index contributed by atoms with van der Waals surface area (Å²) in [5.74, 6) is 0.246. The molecule has 0 aliphatic rings. The van der Waals surface area contributed by atoms with Gasteiger partial charge in [-0.1, -0.05) is 44.2 Å². The Hall–Kier alpha value is -2.67. The smallest absolute Gasteiger partial charge is 0.332 e. The minimum absolute atomic E-state index is 0.246. The molecule has 3 rings (SSSR count). The number of benzene rings is 1. The molecule has 2 heterocycles. The van der Waals surface area contributed by atoms with Gasteiger partial charge in [0.2, 0.25) is 0 Å². The molecule has 1 unspecified atom stereocenters. The van der Waals surface area contributed by atoms with Crippen LogP contribution in [0, 0.1) is 5.92 Å². The third-order valence-corrected chi connectivity index (χ3v) is 4.26. The van der Waals surface area contributed by atoms with Crippen LogP contribution in [0.1, 0.15) is 32.6 Å². The highest BCUT2D eigenvalue weighted by molar-refractivity contribution is 5.70. The number of aromatic nitrogens is 4. The highest BCUT2D eigenvalue weighted by Gasteiger charge is 2.22. The molecule has 0 spiro atoms. The molecule has 0 aliphatic heterocycles. The van der Waals surface area contributed by atoms with Gasteiger partial charge in [0.1, 0.15) is 6.33 Å². The molecule has 0 N–H and O–H groups in total. The molecule has 0 fully saturated rings. The van der Waals surface area contributed by atoms with Gasteiger partial charge in [0.25, 0.3) is 5.56 Å². The van der Waals surface area contributed by atoms with Crippen molar-refractivity contribution in [1.82, 2.24) is 18.7 Å². The predicted molar refractivity (Wildman–Crippen MR) is 100 cm³/mol. The third-order valence-electron chi connectivity index (χ3n) is 4.26. The van der Waals surface area contributed by atoms with E-state index in [0.29, 0.717) is 24.3 Å². The van der Waals surface area contributed by atoms with Crippen molar-refractivity contribution in [3.05, 3.63) is 63.1 Å². The summed E-state index contributed by atoms with van der Waals surface area (Å²) in [7, 11) is 1.50. The molecule has 3 aromatic rings. The Bertz CT molecular complexity index is 1010. The fraction of sp³-hybridized carbons (Fsp3) is 0.421. The molecule has 26 heavy (non-hydrogen) atoms. The van der Waals surface area contributed by atoms with Crippen molar-refractivity contribution in [2.45, 2.75) is 33.5 Å². The van der Waals surface area contributed by atoms with E-state index in [-0.39, 0.29) is 17.2 Å². The van der Waals surface area contributed by atoms with E-state index in [9.17, 15) is 9.59 Å². The van der Waals surface area contributed by atoms with Crippen LogP contribution in [0.15, 0.2) is 46.2 Å². The van der Waals surface area contributed by atoms with Crippen LogP contribution in [-0.2, 0) is 18.3 Å². The van der Waals surface area contributed by atoms with Crippen LogP contribution in [0.4, 0.5) is 0 Å². The van der Waals surface area contributed by atoms with Crippen LogP contribution >= 0.6 is 0 Å². The molecule has 1 aromatic carbocycles. The first-order chi connectivity index (χ1) is 12.5. The van der Waals surface area contributed by atoms with Gasteiger partial charge >= 0.3 is 5.69 Å². The van der Waals surface area contributed by atoms with Crippen LogP contribution in [0.25, 0.3) is 11.2 Å². The molecular formula is C19H24N4O3. The van der Waals surface area contributed by atoms with Gasteiger partial charge in [-0.3, -0.25) is 18.5 Å².